The van der Waals surface area contributed by atoms with Crippen molar-refractivity contribution >= 4 is 5.91 Å². The second-order valence-corrected chi connectivity index (χ2v) is 6.34. The summed E-state index contributed by atoms with van der Waals surface area (Å²) in [5.74, 6) is 0.846. The van der Waals surface area contributed by atoms with E-state index < -0.39 is 0 Å². The van der Waals surface area contributed by atoms with Gasteiger partial charge < -0.3 is 24.3 Å². The molecule has 28 heavy (non-hydrogen) atoms. The average molecular weight is 387 g/mol. The van der Waals surface area contributed by atoms with Gasteiger partial charge in [0.15, 0.2) is 0 Å². The van der Waals surface area contributed by atoms with Crippen molar-refractivity contribution in [2.75, 3.05) is 33.5 Å². The van der Waals surface area contributed by atoms with Crippen molar-refractivity contribution < 1.29 is 23.7 Å². The molecule has 1 amide bonds. The molecule has 1 aliphatic rings. The summed E-state index contributed by atoms with van der Waals surface area (Å²) in [5.41, 5.74) is 1.35. The number of hydrogen-bond acceptors (Lipinski definition) is 7. The molecule has 0 aromatic carbocycles. The maximum absolute atomic E-state index is 12.3. The fourth-order valence-electron chi connectivity index (χ4n) is 2.66. The van der Waals surface area contributed by atoms with Crippen LogP contribution in [0.2, 0.25) is 0 Å². The molecule has 1 saturated heterocycles. The number of carbonyl (C=O) groups excluding carboxylic acids is 1. The Morgan fingerprint density at radius 2 is 1.89 bits per heavy atom. The monoisotopic (exact) mass is 387 g/mol. The van der Waals surface area contributed by atoms with Gasteiger partial charge in [0.2, 0.25) is 11.8 Å². The van der Waals surface area contributed by atoms with Crippen molar-refractivity contribution in [2.24, 2.45) is 0 Å². The summed E-state index contributed by atoms with van der Waals surface area (Å²) in [6.07, 6.45) is 5.03. The third-order valence-electron chi connectivity index (χ3n) is 4.24. The highest BCUT2D eigenvalue weighted by Crippen LogP contribution is 2.16. The molecule has 0 aliphatic carbocycles. The van der Waals surface area contributed by atoms with Crippen LogP contribution in [0.1, 0.15) is 28.8 Å². The highest BCUT2D eigenvalue weighted by atomic mass is 16.5. The maximum Gasteiger partial charge on any atom is 0.253 e. The average Bonchev–Trinajstić information content (AvgIpc) is 2.74. The fourth-order valence-corrected chi connectivity index (χ4v) is 2.66. The van der Waals surface area contributed by atoms with E-state index in [2.05, 4.69) is 15.3 Å². The number of methoxy groups -OCH3 is 1. The minimum absolute atomic E-state index is 0.120. The molecule has 8 heteroatoms. The standard InChI is InChI=1S/C20H25N3O5/c1-25-10-11-27-18-4-2-15(12-21-18)13-23-20(24)16-3-5-19(22-14-16)28-17-6-8-26-9-7-17/h2-5,12,14,17H,6-11,13H2,1H3,(H,23,24). The van der Waals surface area contributed by atoms with Crippen molar-refractivity contribution in [1.29, 1.82) is 0 Å². The van der Waals surface area contributed by atoms with Crippen molar-refractivity contribution in [3.05, 3.63) is 47.8 Å². The number of carbonyl (C=O) groups is 1. The lowest BCUT2D eigenvalue weighted by molar-refractivity contribution is 0.0237. The maximum atomic E-state index is 12.3. The summed E-state index contributed by atoms with van der Waals surface area (Å²) >= 11 is 0. The molecule has 1 aliphatic heterocycles. The van der Waals surface area contributed by atoms with Crippen LogP contribution in [0.25, 0.3) is 0 Å². The van der Waals surface area contributed by atoms with Crippen LogP contribution < -0.4 is 14.8 Å². The number of pyridine rings is 2. The lowest BCUT2D eigenvalue weighted by atomic mass is 10.1. The van der Waals surface area contributed by atoms with E-state index in [1.54, 1.807) is 31.5 Å². The third kappa shape index (κ3) is 6.17. The number of amides is 1. The molecule has 2 aromatic rings. The molecule has 0 radical (unpaired) electrons. The first-order valence-corrected chi connectivity index (χ1v) is 9.30. The number of rotatable bonds is 9. The first-order valence-electron chi connectivity index (χ1n) is 9.30. The highest BCUT2D eigenvalue weighted by molar-refractivity contribution is 5.93. The van der Waals surface area contributed by atoms with E-state index in [1.807, 2.05) is 6.07 Å². The molecule has 3 heterocycles. The van der Waals surface area contributed by atoms with E-state index in [9.17, 15) is 4.79 Å². The van der Waals surface area contributed by atoms with Crippen LogP contribution in [0.15, 0.2) is 36.7 Å². The summed E-state index contributed by atoms with van der Waals surface area (Å²) in [5, 5.41) is 2.85. The van der Waals surface area contributed by atoms with Gasteiger partial charge in [-0.2, -0.15) is 0 Å². The fraction of sp³-hybridized carbons (Fsp3) is 0.450. The smallest absolute Gasteiger partial charge is 0.253 e. The van der Waals surface area contributed by atoms with Crippen molar-refractivity contribution in [3.8, 4) is 11.8 Å². The van der Waals surface area contributed by atoms with Crippen molar-refractivity contribution in [3.63, 3.8) is 0 Å². The van der Waals surface area contributed by atoms with Crippen LogP contribution in [-0.2, 0) is 16.0 Å². The zero-order valence-corrected chi connectivity index (χ0v) is 15.9. The Balaban J connectivity index is 1.45. The van der Waals surface area contributed by atoms with Gasteiger partial charge in [-0.25, -0.2) is 9.97 Å². The van der Waals surface area contributed by atoms with E-state index in [0.717, 1.165) is 18.4 Å². The van der Waals surface area contributed by atoms with Gasteiger partial charge in [-0.05, 0) is 11.6 Å². The second kappa shape index (κ2) is 10.6. The SMILES string of the molecule is COCCOc1ccc(CNC(=O)c2ccc(OC3CCOCC3)nc2)cn1. The lowest BCUT2D eigenvalue weighted by Crippen LogP contribution is -2.26. The highest BCUT2D eigenvalue weighted by Gasteiger charge is 2.16. The van der Waals surface area contributed by atoms with Crippen LogP contribution in [0.4, 0.5) is 0 Å². The largest absolute Gasteiger partial charge is 0.475 e. The van der Waals surface area contributed by atoms with Crippen molar-refractivity contribution in [1.82, 2.24) is 15.3 Å². The van der Waals surface area contributed by atoms with E-state index in [-0.39, 0.29) is 12.0 Å². The summed E-state index contributed by atoms with van der Waals surface area (Å²) in [7, 11) is 1.62. The minimum Gasteiger partial charge on any atom is -0.475 e. The number of aromatic nitrogens is 2. The Morgan fingerprint density at radius 3 is 2.57 bits per heavy atom. The first kappa shape index (κ1) is 20.0. The summed E-state index contributed by atoms with van der Waals surface area (Å²) in [6, 6.07) is 7.06. The summed E-state index contributed by atoms with van der Waals surface area (Å²) in [4.78, 5) is 20.7. The predicted molar refractivity (Wildman–Crippen MR) is 101 cm³/mol. The number of nitrogens with one attached hydrogen (secondary N) is 1. The number of nitrogens with zero attached hydrogens (tertiary/aromatic N) is 2. The van der Waals surface area contributed by atoms with Gasteiger partial charge in [0.05, 0.1) is 25.4 Å². The van der Waals surface area contributed by atoms with Gasteiger partial charge in [0.1, 0.15) is 12.7 Å². The lowest BCUT2D eigenvalue weighted by Gasteiger charge is -2.22. The molecule has 0 bridgehead atoms. The van der Waals surface area contributed by atoms with Crippen LogP contribution >= 0.6 is 0 Å². The second-order valence-electron chi connectivity index (χ2n) is 6.34. The molecule has 3 rings (SSSR count). The van der Waals surface area contributed by atoms with E-state index in [4.69, 9.17) is 18.9 Å². The first-order chi connectivity index (χ1) is 13.7. The topological polar surface area (TPSA) is 91.8 Å². The number of ether oxygens (including phenoxy) is 4. The van der Waals surface area contributed by atoms with Crippen LogP contribution in [0, 0.1) is 0 Å². The summed E-state index contributed by atoms with van der Waals surface area (Å²) < 4.78 is 21.5. The van der Waals surface area contributed by atoms with E-state index >= 15 is 0 Å². The quantitative estimate of drug-likeness (QED) is 0.658. The normalized spacial score (nSPS) is 14.5. The number of hydrogen-bond donors (Lipinski definition) is 1. The Hall–Kier alpha value is -2.71. The Kier molecular flexibility index (Phi) is 7.57. The zero-order chi connectivity index (χ0) is 19.6. The molecular weight excluding hydrogens is 362 g/mol. The summed E-state index contributed by atoms with van der Waals surface area (Å²) in [6.45, 7) is 2.73. The molecule has 1 N–H and O–H groups in total. The van der Waals surface area contributed by atoms with Gasteiger partial charge in [0, 0.05) is 51.0 Å². The molecular formula is C20H25N3O5. The predicted octanol–water partition coefficient (Wildman–Crippen LogP) is 1.99. The molecule has 0 unspecified atom stereocenters. The third-order valence-corrected chi connectivity index (χ3v) is 4.24. The molecule has 8 nitrogen and oxygen atoms in total. The molecule has 150 valence electrons. The van der Waals surface area contributed by atoms with Gasteiger partial charge in [-0.3, -0.25) is 4.79 Å². The Bertz CT molecular complexity index is 731. The zero-order valence-electron chi connectivity index (χ0n) is 15.9. The van der Waals surface area contributed by atoms with E-state index in [0.29, 0.717) is 50.3 Å². The molecule has 1 fully saturated rings. The van der Waals surface area contributed by atoms with Gasteiger partial charge in [-0.15, -0.1) is 0 Å². The van der Waals surface area contributed by atoms with Crippen LogP contribution in [-0.4, -0.2) is 55.5 Å². The molecule has 0 saturated carbocycles. The van der Waals surface area contributed by atoms with Crippen molar-refractivity contribution in [2.45, 2.75) is 25.5 Å². The van der Waals surface area contributed by atoms with Gasteiger partial charge >= 0.3 is 0 Å². The Morgan fingerprint density at radius 1 is 1.11 bits per heavy atom. The molecule has 0 atom stereocenters. The van der Waals surface area contributed by atoms with Crippen LogP contribution in [0.5, 0.6) is 11.8 Å². The van der Waals surface area contributed by atoms with E-state index in [1.165, 1.54) is 6.20 Å². The Labute approximate surface area is 164 Å². The minimum atomic E-state index is -0.203. The van der Waals surface area contributed by atoms with Crippen LogP contribution in [0.3, 0.4) is 0 Å². The molecule has 2 aromatic heterocycles. The molecule has 0 spiro atoms. The van der Waals surface area contributed by atoms with Gasteiger partial charge in [-0.1, -0.05) is 6.07 Å². The van der Waals surface area contributed by atoms with Gasteiger partial charge in [0.25, 0.3) is 5.91 Å².